The van der Waals surface area contributed by atoms with Crippen molar-refractivity contribution in [2.45, 2.75) is 411 Å². The topological polar surface area (TPSA) is 132 Å². The molecule has 0 aliphatic heterocycles. The SMILES string of the molecule is CCC(C)(C)C(=O)OC1(C)CC2CC1C1C3CCC(C3)C21.CCC(C)(C)C(=O)OC1(CC)CC2CC1C1C3CCC(C3)C21.CCC(C)C(=O)OC1(C(C)(C)C)CC2CC1C1C3CCC(C3)C21.CCC(C)C(=O)OC1(C(CC)(CC)CC)CC2CC1C1C3CCC(C3)C21.CCCC1(OC(=O)C(C)(C)CC)CC2CC1C1C3CCC(C3)C21. The van der Waals surface area contributed by atoms with Gasteiger partial charge in [0.15, 0.2) is 0 Å². The lowest BCUT2D eigenvalue weighted by molar-refractivity contribution is -0.208. The van der Waals surface area contributed by atoms with Crippen molar-refractivity contribution in [2.24, 2.45) is 216 Å². The van der Waals surface area contributed by atoms with E-state index in [2.05, 4.69) is 104 Å². The van der Waals surface area contributed by atoms with Crippen molar-refractivity contribution in [1.29, 1.82) is 0 Å². The largest absolute Gasteiger partial charge is 0.459 e. The Morgan fingerprint density at radius 2 is 0.600 bits per heavy atom. The molecule has 20 rings (SSSR count). The van der Waals surface area contributed by atoms with Gasteiger partial charge in [-0.25, -0.2) is 0 Å². The van der Waals surface area contributed by atoms with Gasteiger partial charge >= 0.3 is 29.8 Å². The Kier molecular flexibility index (Phi) is 23.1. The van der Waals surface area contributed by atoms with E-state index >= 15 is 0 Å². The summed E-state index contributed by atoms with van der Waals surface area (Å²) in [6, 6.07) is 0. The third kappa shape index (κ3) is 13.4. The minimum absolute atomic E-state index is 0.0276. The van der Waals surface area contributed by atoms with Crippen LogP contribution in [0.3, 0.4) is 0 Å². The van der Waals surface area contributed by atoms with Crippen LogP contribution in [0.1, 0.15) is 383 Å². The summed E-state index contributed by atoms with van der Waals surface area (Å²) >= 11 is 0. The maximum Gasteiger partial charge on any atom is 0.312 e. The lowest BCUT2D eigenvalue weighted by Crippen LogP contribution is -2.58. The van der Waals surface area contributed by atoms with E-state index in [1.54, 1.807) is 0 Å². The van der Waals surface area contributed by atoms with Crippen molar-refractivity contribution in [2.75, 3.05) is 0 Å². The Hall–Kier alpha value is -2.65. The smallest absolute Gasteiger partial charge is 0.312 e. The van der Waals surface area contributed by atoms with E-state index < -0.39 is 0 Å². The van der Waals surface area contributed by atoms with Gasteiger partial charge in [-0.15, -0.1) is 0 Å². The first-order chi connectivity index (χ1) is 54.4. The standard InChI is InChI=1S/C24H40O2.2C21H34O2.C20H32O2.C19H30O2/c1-6-15(5)22(25)26-24(23(7-2,8-3)9-4)14-18-13-19(24)21-17-11-10-16(12-17)20(18)21;1-6-12(2)19(22)23-21(20(3,4)5)11-15-10-16(21)18-14-8-7-13(9-14)17(15)18;1-5-9-21(23-19(22)20(3,4)6-2)12-15-11-16(21)18-14-8-7-13(10-14)17(15)18;1-5-19(3,4)18(21)22-20(6-2)11-14-10-15(20)17-13-8-7-12(9-13)16(14)17;1-5-18(2,3)17(20)21-19(4)10-13-9-14(19)16-12-7-6-11(8-12)15(13)16/h15-21H,6-14H2,1-5H3;12-18H,6-11H2,1-5H3;13-18H,5-12H2,1-4H3;12-17H,5-11H2,1-4H3;11-16H,5-10H2,1-4H3. The fourth-order valence-electron chi connectivity index (χ4n) is 35.9. The number of carbonyl (C=O) groups excluding carboxylic acids is 5. The van der Waals surface area contributed by atoms with Gasteiger partial charge in [-0.3, -0.25) is 24.0 Å². The molecule has 0 radical (unpaired) electrons. The van der Waals surface area contributed by atoms with Crippen LogP contribution >= 0.6 is 0 Å². The van der Waals surface area contributed by atoms with Crippen molar-refractivity contribution in [3.05, 3.63) is 0 Å². The third-order valence-corrected chi connectivity index (χ3v) is 42.7. The third-order valence-electron chi connectivity index (χ3n) is 42.7. The second kappa shape index (κ2) is 30.9. The van der Waals surface area contributed by atoms with Gasteiger partial charge in [0.2, 0.25) is 0 Å². The van der Waals surface area contributed by atoms with Gasteiger partial charge in [-0.2, -0.15) is 0 Å². The summed E-state index contributed by atoms with van der Waals surface area (Å²) in [5, 5.41) is 0. The molecule has 115 heavy (non-hydrogen) atoms. The molecule has 650 valence electrons. The van der Waals surface area contributed by atoms with Crippen LogP contribution in [-0.4, -0.2) is 57.9 Å². The zero-order chi connectivity index (χ0) is 82.4. The summed E-state index contributed by atoms with van der Waals surface area (Å²) < 4.78 is 32.0. The monoisotopic (exact) mass is 1590 g/mol. The van der Waals surface area contributed by atoms with E-state index in [9.17, 15) is 24.0 Å². The number of carbonyl (C=O) groups is 5. The maximum absolute atomic E-state index is 13.0. The van der Waals surface area contributed by atoms with Crippen molar-refractivity contribution < 1.29 is 47.7 Å². The van der Waals surface area contributed by atoms with Crippen molar-refractivity contribution in [1.82, 2.24) is 0 Å². The normalized spacial score (nSPS) is 47.7. The van der Waals surface area contributed by atoms with Crippen LogP contribution in [0.25, 0.3) is 0 Å². The summed E-state index contributed by atoms with van der Waals surface area (Å²) in [7, 11) is 0. The zero-order valence-electron chi connectivity index (χ0n) is 77.5. The summed E-state index contributed by atoms with van der Waals surface area (Å²) in [6.07, 6.45) is 45.5. The molecule has 0 amide bonds. The fraction of sp³-hybridized carbons (Fsp3) is 0.952. The quantitative estimate of drug-likeness (QED) is 0.0586. The summed E-state index contributed by atoms with van der Waals surface area (Å²) in [4.78, 5) is 63.8. The lowest BCUT2D eigenvalue weighted by Gasteiger charge is -2.55. The molecular weight excluding hydrogens is 1420 g/mol. The highest BCUT2D eigenvalue weighted by molar-refractivity contribution is 5.78. The number of hydrogen-bond acceptors (Lipinski definition) is 10. The first-order valence-corrected chi connectivity index (χ1v) is 50.6. The lowest BCUT2D eigenvalue weighted by atomic mass is 9.54. The van der Waals surface area contributed by atoms with Crippen molar-refractivity contribution >= 4 is 29.8 Å². The maximum atomic E-state index is 13.0. The van der Waals surface area contributed by atoms with Crippen LogP contribution in [0, 0.1) is 216 Å². The number of ether oxygens (including phenoxy) is 5. The number of fused-ring (bicyclic) bond motifs is 45. The molecular formula is C105H170O10. The van der Waals surface area contributed by atoms with E-state index in [0.717, 1.165) is 238 Å². The van der Waals surface area contributed by atoms with Crippen molar-refractivity contribution in [3.8, 4) is 0 Å². The van der Waals surface area contributed by atoms with Crippen LogP contribution in [-0.2, 0) is 47.7 Å². The molecule has 0 spiro atoms. The van der Waals surface area contributed by atoms with E-state index in [0.29, 0.717) is 29.6 Å². The Morgan fingerprint density at radius 3 is 0.957 bits per heavy atom. The molecule has 0 saturated heterocycles. The molecule has 37 atom stereocenters. The average Bonchev–Trinajstić information content (AvgIpc) is 1.54. The average molecular weight is 1590 g/mol. The Labute approximate surface area is 701 Å². The highest BCUT2D eigenvalue weighted by atomic mass is 16.6. The Balaban J connectivity index is 0.000000108. The van der Waals surface area contributed by atoms with Gasteiger partial charge in [0.1, 0.15) is 28.0 Å². The van der Waals surface area contributed by atoms with E-state index in [-0.39, 0.29) is 96.8 Å². The molecule has 20 bridgehead atoms. The molecule has 20 aliphatic rings. The van der Waals surface area contributed by atoms with E-state index in [1.807, 2.05) is 48.5 Å². The van der Waals surface area contributed by atoms with Gasteiger partial charge < -0.3 is 23.7 Å². The van der Waals surface area contributed by atoms with Gasteiger partial charge in [0.25, 0.3) is 0 Å². The molecule has 0 aromatic carbocycles. The molecule has 0 N–H and O–H groups in total. The minimum Gasteiger partial charge on any atom is -0.459 e. The summed E-state index contributed by atoms with van der Waals surface area (Å²) in [6.45, 7) is 47.4. The van der Waals surface area contributed by atoms with Gasteiger partial charge in [-0.1, -0.05) is 110 Å². The zero-order valence-corrected chi connectivity index (χ0v) is 77.5. The Morgan fingerprint density at radius 1 is 0.313 bits per heavy atom. The molecule has 37 unspecified atom stereocenters. The summed E-state index contributed by atoms with van der Waals surface area (Å²) in [5.41, 5.74) is -1.58. The molecule has 10 nitrogen and oxygen atoms in total. The highest BCUT2D eigenvalue weighted by Gasteiger charge is 2.76. The van der Waals surface area contributed by atoms with Crippen LogP contribution in [0.15, 0.2) is 0 Å². The minimum atomic E-state index is -0.337. The van der Waals surface area contributed by atoms with Gasteiger partial charge in [0.05, 0.1) is 28.1 Å². The first kappa shape index (κ1) is 85.9. The second-order valence-electron chi connectivity index (χ2n) is 48.7. The molecule has 0 aromatic heterocycles. The van der Waals surface area contributed by atoms with Crippen LogP contribution < -0.4 is 0 Å². The number of rotatable bonds is 22. The van der Waals surface area contributed by atoms with Gasteiger partial charge in [-0.05, 0) is 421 Å². The van der Waals surface area contributed by atoms with Crippen molar-refractivity contribution in [3.63, 3.8) is 0 Å². The van der Waals surface area contributed by atoms with Crippen LogP contribution in [0.4, 0.5) is 0 Å². The number of esters is 5. The number of hydrogen-bond donors (Lipinski definition) is 0. The van der Waals surface area contributed by atoms with Gasteiger partial charge in [0, 0.05) is 40.4 Å². The van der Waals surface area contributed by atoms with E-state index in [4.69, 9.17) is 23.7 Å². The van der Waals surface area contributed by atoms with E-state index in [1.165, 1.54) is 141 Å². The molecule has 10 heteroatoms. The second-order valence-corrected chi connectivity index (χ2v) is 48.7. The summed E-state index contributed by atoms with van der Waals surface area (Å²) in [5.74, 6) is 26.8. The molecule has 20 aliphatic carbocycles. The Bertz CT molecular complexity index is 3550. The highest BCUT2D eigenvalue weighted by Crippen LogP contribution is 2.78. The molecule has 20 saturated carbocycles. The fourth-order valence-corrected chi connectivity index (χ4v) is 35.9. The predicted molar refractivity (Wildman–Crippen MR) is 459 cm³/mol. The predicted octanol–water partition coefficient (Wildman–Crippen LogP) is 25.7. The molecule has 20 fully saturated rings. The molecule has 0 heterocycles. The molecule has 0 aromatic rings. The van der Waals surface area contributed by atoms with Crippen LogP contribution in [0.2, 0.25) is 0 Å². The van der Waals surface area contributed by atoms with Crippen LogP contribution in [0.5, 0.6) is 0 Å². The first-order valence-electron chi connectivity index (χ1n) is 50.6.